The standard InChI is InChI=1S/C14H18N2O3S/c1-14(2)11-16(9-10-19-14)20(17,18)13-5-3-12(4-6-13)7-8-15/h3-6H,7,9-11H2,1-2H3. The highest BCUT2D eigenvalue weighted by atomic mass is 32.2. The van der Waals surface area contributed by atoms with Crippen molar-refractivity contribution in [1.82, 2.24) is 4.31 Å². The molecule has 1 aliphatic rings. The van der Waals surface area contributed by atoms with Crippen molar-refractivity contribution in [3.8, 4) is 6.07 Å². The molecule has 0 aliphatic carbocycles. The molecule has 1 fully saturated rings. The van der Waals surface area contributed by atoms with Crippen LogP contribution in [0.2, 0.25) is 0 Å². The van der Waals surface area contributed by atoms with Gasteiger partial charge in [0.25, 0.3) is 0 Å². The zero-order valence-electron chi connectivity index (χ0n) is 11.7. The Morgan fingerprint density at radius 2 is 2.00 bits per heavy atom. The van der Waals surface area contributed by atoms with Gasteiger partial charge >= 0.3 is 0 Å². The second-order valence-corrected chi connectivity index (χ2v) is 7.36. The Bertz CT molecular complexity index is 615. The molecule has 108 valence electrons. The largest absolute Gasteiger partial charge is 0.373 e. The lowest BCUT2D eigenvalue weighted by molar-refractivity contribution is -0.0640. The summed E-state index contributed by atoms with van der Waals surface area (Å²) in [7, 11) is -3.49. The summed E-state index contributed by atoms with van der Waals surface area (Å²) >= 11 is 0. The molecule has 0 spiro atoms. The molecule has 0 N–H and O–H groups in total. The minimum Gasteiger partial charge on any atom is -0.373 e. The van der Waals surface area contributed by atoms with Gasteiger partial charge in [-0.3, -0.25) is 0 Å². The zero-order valence-corrected chi connectivity index (χ0v) is 12.5. The fourth-order valence-corrected chi connectivity index (χ4v) is 3.77. The molecule has 1 heterocycles. The van der Waals surface area contributed by atoms with E-state index in [1.54, 1.807) is 24.3 Å². The second kappa shape index (κ2) is 5.52. The Hall–Kier alpha value is -1.42. The number of hydrogen-bond donors (Lipinski definition) is 0. The molecule has 20 heavy (non-hydrogen) atoms. The zero-order chi connectivity index (χ0) is 14.8. The molecule has 0 aromatic heterocycles. The van der Waals surface area contributed by atoms with Gasteiger partial charge < -0.3 is 4.74 Å². The Kier molecular flexibility index (Phi) is 4.14. The van der Waals surface area contributed by atoms with Gasteiger partial charge in [-0.1, -0.05) is 12.1 Å². The van der Waals surface area contributed by atoms with Gasteiger partial charge in [0.15, 0.2) is 0 Å². The Morgan fingerprint density at radius 1 is 1.35 bits per heavy atom. The molecule has 1 aromatic carbocycles. The monoisotopic (exact) mass is 294 g/mol. The highest BCUT2D eigenvalue weighted by Gasteiger charge is 2.34. The van der Waals surface area contributed by atoms with Crippen LogP contribution >= 0.6 is 0 Å². The lowest BCUT2D eigenvalue weighted by Gasteiger charge is -2.37. The van der Waals surface area contributed by atoms with Gasteiger partial charge in [-0.15, -0.1) is 0 Å². The van der Waals surface area contributed by atoms with E-state index >= 15 is 0 Å². The summed E-state index contributed by atoms with van der Waals surface area (Å²) in [5, 5.41) is 8.62. The topological polar surface area (TPSA) is 70.4 Å². The lowest BCUT2D eigenvalue weighted by atomic mass is 10.1. The number of benzene rings is 1. The number of morpholine rings is 1. The average Bonchev–Trinajstić information content (AvgIpc) is 2.38. The number of rotatable bonds is 3. The molecule has 1 saturated heterocycles. The van der Waals surface area contributed by atoms with Crippen LogP contribution in [0.1, 0.15) is 19.4 Å². The van der Waals surface area contributed by atoms with Crippen LogP contribution in [-0.2, 0) is 21.2 Å². The Balaban J connectivity index is 2.24. The van der Waals surface area contributed by atoms with E-state index in [4.69, 9.17) is 10.00 Å². The molecule has 0 atom stereocenters. The maximum Gasteiger partial charge on any atom is 0.243 e. The van der Waals surface area contributed by atoms with Crippen molar-refractivity contribution >= 4 is 10.0 Å². The minimum absolute atomic E-state index is 0.261. The van der Waals surface area contributed by atoms with Crippen LogP contribution in [-0.4, -0.2) is 38.0 Å². The van der Waals surface area contributed by atoms with Gasteiger partial charge in [-0.25, -0.2) is 8.42 Å². The SMILES string of the molecule is CC1(C)CN(S(=O)(=O)c2ccc(CC#N)cc2)CCO1. The van der Waals surface area contributed by atoms with Crippen molar-refractivity contribution in [2.45, 2.75) is 30.8 Å². The average molecular weight is 294 g/mol. The van der Waals surface area contributed by atoms with E-state index in [0.29, 0.717) is 19.7 Å². The smallest absolute Gasteiger partial charge is 0.243 e. The molecule has 5 nitrogen and oxygen atoms in total. The van der Waals surface area contributed by atoms with Gasteiger partial charge in [0.2, 0.25) is 10.0 Å². The van der Waals surface area contributed by atoms with E-state index in [0.717, 1.165) is 5.56 Å². The van der Waals surface area contributed by atoms with Crippen LogP contribution in [0.3, 0.4) is 0 Å². The third-order valence-corrected chi connectivity index (χ3v) is 5.09. The van der Waals surface area contributed by atoms with E-state index in [1.165, 1.54) is 4.31 Å². The van der Waals surface area contributed by atoms with Crippen LogP contribution in [0.4, 0.5) is 0 Å². The number of ether oxygens (including phenoxy) is 1. The van der Waals surface area contributed by atoms with Crippen molar-refractivity contribution in [2.75, 3.05) is 19.7 Å². The summed E-state index contributed by atoms with van der Waals surface area (Å²) in [5.41, 5.74) is 0.347. The van der Waals surface area contributed by atoms with Crippen molar-refractivity contribution in [3.05, 3.63) is 29.8 Å². The third-order valence-electron chi connectivity index (χ3n) is 3.23. The van der Waals surface area contributed by atoms with E-state index in [9.17, 15) is 8.42 Å². The maximum absolute atomic E-state index is 12.5. The van der Waals surface area contributed by atoms with Crippen LogP contribution in [0.15, 0.2) is 29.2 Å². The molecule has 1 aliphatic heterocycles. The summed E-state index contributed by atoms with van der Waals surface area (Å²) < 4.78 is 32.1. The first-order valence-electron chi connectivity index (χ1n) is 6.45. The van der Waals surface area contributed by atoms with Crippen molar-refractivity contribution in [1.29, 1.82) is 5.26 Å². The predicted molar refractivity (Wildman–Crippen MR) is 74.5 cm³/mol. The highest BCUT2D eigenvalue weighted by Crippen LogP contribution is 2.23. The fraction of sp³-hybridized carbons (Fsp3) is 0.500. The molecular weight excluding hydrogens is 276 g/mol. The Labute approximate surface area is 119 Å². The summed E-state index contributed by atoms with van der Waals surface area (Å²) in [6, 6.07) is 8.52. The van der Waals surface area contributed by atoms with Crippen molar-refractivity contribution in [2.24, 2.45) is 0 Å². The molecule has 0 radical (unpaired) electrons. The van der Waals surface area contributed by atoms with E-state index < -0.39 is 15.6 Å². The summed E-state index contributed by atoms with van der Waals surface area (Å²) in [5.74, 6) is 0. The molecule has 0 bridgehead atoms. The van der Waals surface area contributed by atoms with Crippen LogP contribution in [0, 0.1) is 11.3 Å². The lowest BCUT2D eigenvalue weighted by Crippen LogP contribution is -2.50. The maximum atomic E-state index is 12.5. The van der Waals surface area contributed by atoms with Crippen molar-refractivity contribution in [3.63, 3.8) is 0 Å². The molecule has 0 saturated carbocycles. The molecule has 2 rings (SSSR count). The number of nitrogens with zero attached hydrogens (tertiary/aromatic N) is 2. The summed E-state index contributed by atoms with van der Waals surface area (Å²) in [6.07, 6.45) is 0.283. The second-order valence-electron chi connectivity index (χ2n) is 5.43. The van der Waals surface area contributed by atoms with Gasteiger partial charge in [0, 0.05) is 13.1 Å². The quantitative estimate of drug-likeness (QED) is 0.848. The van der Waals surface area contributed by atoms with Crippen LogP contribution in [0.25, 0.3) is 0 Å². The van der Waals surface area contributed by atoms with E-state index in [1.807, 2.05) is 19.9 Å². The van der Waals surface area contributed by atoms with Crippen LogP contribution in [0.5, 0.6) is 0 Å². The fourth-order valence-electron chi connectivity index (χ4n) is 2.20. The molecular formula is C14H18N2O3S. The van der Waals surface area contributed by atoms with Gasteiger partial charge in [0.05, 0.1) is 29.6 Å². The first-order valence-corrected chi connectivity index (χ1v) is 7.89. The minimum atomic E-state index is -3.49. The number of hydrogen-bond acceptors (Lipinski definition) is 4. The van der Waals surface area contributed by atoms with Crippen LogP contribution < -0.4 is 0 Å². The van der Waals surface area contributed by atoms with E-state index in [-0.39, 0.29) is 11.3 Å². The van der Waals surface area contributed by atoms with Gasteiger partial charge in [-0.2, -0.15) is 9.57 Å². The molecule has 6 heteroatoms. The van der Waals surface area contributed by atoms with Gasteiger partial charge in [-0.05, 0) is 31.5 Å². The molecule has 0 unspecified atom stereocenters. The Morgan fingerprint density at radius 3 is 2.55 bits per heavy atom. The molecule has 1 aromatic rings. The molecule has 0 amide bonds. The normalized spacial score (nSPS) is 19.4. The van der Waals surface area contributed by atoms with Gasteiger partial charge in [0.1, 0.15) is 0 Å². The number of nitriles is 1. The predicted octanol–water partition coefficient (Wildman–Crippen LogP) is 1.55. The summed E-state index contributed by atoms with van der Waals surface area (Å²) in [6.45, 7) is 4.87. The van der Waals surface area contributed by atoms with E-state index in [2.05, 4.69) is 0 Å². The highest BCUT2D eigenvalue weighted by molar-refractivity contribution is 7.89. The third kappa shape index (κ3) is 3.18. The first-order chi connectivity index (χ1) is 9.35. The van der Waals surface area contributed by atoms with Crippen molar-refractivity contribution < 1.29 is 13.2 Å². The first kappa shape index (κ1) is 15.0. The summed E-state index contributed by atoms with van der Waals surface area (Å²) in [4.78, 5) is 0.261. The number of sulfonamides is 1.